The molecule has 3 heterocycles. The van der Waals surface area contributed by atoms with Gasteiger partial charge in [-0.05, 0) is 30.4 Å². The van der Waals surface area contributed by atoms with E-state index < -0.39 is 0 Å². The molecule has 4 rings (SSSR count). The van der Waals surface area contributed by atoms with E-state index >= 15 is 0 Å². The lowest BCUT2D eigenvalue weighted by Crippen LogP contribution is -2.05. The Balaban J connectivity index is 1.50. The second-order valence-corrected chi connectivity index (χ2v) is 6.40. The van der Waals surface area contributed by atoms with Gasteiger partial charge in [0.05, 0.1) is 12.2 Å². The summed E-state index contributed by atoms with van der Waals surface area (Å²) in [5.74, 6) is 1.95. The van der Waals surface area contributed by atoms with Gasteiger partial charge in [0, 0.05) is 25.6 Å². The molecule has 0 aliphatic heterocycles. The molecule has 1 fully saturated rings. The average Bonchev–Trinajstić information content (AvgIpc) is 3.32. The lowest BCUT2D eigenvalue weighted by atomic mass is 10.2. The number of halogens is 1. The summed E-state index contributed by atoms with van der Waals surface area (Å²) in [5.41, 5.74) is 3.30. The molecule has 1 aliphatic carbocycles. The molecule has 1 aliphatic rings. The highest BCUT2D eigenvalue weighted by Crippen LogP contribution is 2.39. The maximum absolute atomic E-state index is 6.02. The van der Waals surface area contributed by atoms with Crippen molar-refractivity contribution in [1.29, 1.82) is 0 Å². The Kier molecular flexibility index (Phi) is 4.08. The van der Waals surface area contributed by atoms with E-state index in [1.165, 1.54) is 18.4 Å². The minimum Gasteiger partial charge on any atom is -0.377 e. The highest BCUT2D eigenvalue weighted by atomic mass is 35.5. The van der Waals surface area contributed by atoms with Gasteiger partial charge < -0.3 is 14.5 Å². The topological polar surface area (TPSA) is 64.3 Å². The molecule has 0 spiro atoms. The molecule has 3 aromatic rings. The maximum Gasteiger partial charge on any atom is 0.158 e. The quantitative estimate of drug-likeness (QED) is 0.695. The fourth-order valence-corrected chi connectivity index (χ4v) is 2.94. The van der Waals surface area contributed by atoms with Gasteiger partial charge in [-0.15, -0.1) is 0 Å². The Morgan fingerprint density at radius 1 is 1.25 bits per heavy atom. The Morgan fingerprint density at radius 3 is 2.92 bits per heavy atom. The number of anilines is 1. The number of hydrogen-bond donors (Lipinski definition) is 1. The van der Waals surface area contributed by atoms with Gasteiger partial charge in [0.25, 0.3) is 0 Å². The Bertz CT molecular complexity index is 875. The van der Waals surface area contributed by atoms with E-state index in [1.807, 2.05) is 6.20 Å². The molecule has 6 nitrogen and oxygen atoms in total. The smallest absolute Gasteiger partial charge is 0.158 e. The number of rotatable bonds is 6. The third-order valence-corrected chi connectivity index (χ3v) is 4.23. The lowest BCUT2D eigenvalue weighted by molar-refractivity contribution is 0.178. The number of ether oxygens (including phenoxy) is 1. The first-order chi connectivity index (χ1) is 11.7. The van der Waals surface area contributed by atoms with Gasteiger partial charge in [0.15, 0.2) is 5.82 Å². The monoisotopic (exact) mass is 343 g/mol. The van der Waals surface area contributed by atoms with E-state index in [9.17, 15) is 0 Å². The zero-order chi connectivity index (χ0) is 16.5. The van der Waals surface area contributed by atoms with Crippen LogP contribution in [0.15, 0.2) is 30.6 Å². The van der Waals surface area contributed by atoms with Crippen LogP contribution in [0, 0.1) is 0 Å². The van der Waals surface area contributed by atoms with Crippen LogP contribution in [0.25, 0.3) is 5.65 Å². The summed E-state index contributed by atoms with van der Waals surface area (Å²) in [5, 5.41) is 3.64. The summed E-state index contributed by atoms with van der Waals surface area (Å²) >= 11 is 6.02. The first-order valence-electron chi connectivity index (χ1n) is 7.95. The van der Waals surface area contributed by atoms with Crippen molar-refractivity contribution in [3.05, 3.63) is 52.8 Å². The van der Waals surface area contributed by atoms with Crippen molar-refractivity contribution in [2.45, 2.75) is 31.9 Å². The summed E-state index contributed by atoms with van der Waals surface area (Å²) in [6, 6.07) is 5.95. The van der Waals surface area contributed by atoms with Crippen LogP contribution in [0.2, 0.25) is 5.15 Å². The van der Waals surface area contributed by atoms with Crippen molar-refractivity contribution in [2.75, 3.05) is 12.4 Å². The Hall–Kier alpha value is -2.18. The minimum atomic E-state index is 0.327. The van der Waals surface area contributed by atoms with Crippen LogP contribution < -0.4 is 5.32 Å². The normalized spacial score (nSPS) is 14.2. The van der Waals surface area contributed by atoms with Crippen LogP contribution >= 0.6 is 11.6 Å². The second kappa shape index (κ2) is 6.37. The maximum atomic E-state index is 6.02. The van der Waals surface area contributed by atoms with E-state index in [2.05, 4.69) is 43.0 Å². The molecular weight excluding hydrogens is 326 g/mol. The van der Waals surface area contributed by atoms with Gasteiger partial charge in [0.2, 0.25) is 0 Å². The van der Waals surface area contributed by atoms with Crippen molar-refractivity contribution in [3.63, 3.8) is 0 Å². The van der Waals surface area contributed by atoms with Crippen LogP contribution in [-0.2, 0) is 17.9 Å². The lowest BCUT2D eigenvalue weighted by Gasteiger charge is -2.06. The van der Waals surface area contributed by atoms with Crippen molar-refractivity contribution in [2.24, 2.45) is 0 Å². The Labute approximate surface area is 144 Å². The first-order valence-corrected chi connectivity index (χ1v) is 8.33. The second-order valence-electron chi connectivity index (χ2n) is 6.01. The van der Waals surface area contributed by atoms with Crippen molar-refractivity contribution >= 4 is 23.1 Å². The molecule has 3 aromatic heterocycles. The summed E-state index contributed by atoms with van der Waals surface area (Å²) < 4.78 is 7.14. The zero-order valence-corrected chi connectivity index (χ0v) is 14.1. The number of nitrogens with zero attached hydrogens (tertiary/aromatic N) is 4. The number of imidazole rings is 1. The number of nitrogens with one attached hydrogen (secondary N) is 1. The fourth-order valence-electron chi connectivity index (χ4n) is 2.73. The predicted molar refractivity (Wildman–Crippen MR) is 92.2 cm³/mol. The van der Waals surface area contributed by atoms with Crippen molar-refractivity contribution in [1.82, 2.24) is 19.4 Å². The summed E-state index contributed by atoms with van der Waals surface area (Å²) in [6.07, 6.45) is 6.83. The summed E-state index contributed by atoms with van der Waals surface area (Å²) in [7, 11) is 1.60. The van der Waals surface area contributed by atoms with E-state index in [0.717, 1.165) is 17.3 Å². The third kappa shape index (κ3) is 3.34. The number of hydrogen-bond acceptors (Lipinski definition) is 5. The van der Waals surface area contributed by atoms with Crippen LogP contribution in [0.1, 0.15) is 35.8 Å². The Morgan fingerprint density at radius 2 is 2.12 bits per heavy atom. The average molecular weight is 344 g/mol. The molecule has 0 aromatic carbocycles. The number of fused-ring (bicyclic) bond motifs is 1. The van der Waals surface area contributed by atoms with Gasteiger partial charge in [-0.1, -0.05) is 17.7 Å². The molecule has 0 amide bonds. The molecule has 24 heavy (non-hydrogen) atoms. The summed E-state index contributed by atoms with van der Waals surface area (Å²) in [4.78, 5) is 13.1. The molecule has 0 unspecified atom stereocenters. The first kappa shape index (κ1) is 15.4. The molecule has 0 bridgehead atoms. The molecule has 1 saturated carbocycles. The molecule has 124 valence electrons. The largest absolute Gasteiger partial charge is 0.377 e. The number of aromatic nitrogens is 4. The zero-order valence-electron chi connectivity index (χ0n) is 13.4. The standard InChI is InChI=1S/C17H18ClN5O/c1-24-10-16-21-14(18)6-15(22-16)19-7-13-9-23-8-12(11-2-3-11)4-5-17(23)20-13/h4-6,8-9,11H,2-3,7,10H2,1H3,(H,19,21,22). The van der Waals surface area contributed by atoms with Gasteiger partial charge in [-0.3, -0.25) is 0 Å². The van der Waals surface area contributed by atoms with E-state index in [1.54, 1.807) is 13.2 Å². The van der Waals surface area contributed by atoms with Crippen LogP contribution in [0.4, 0.5) is 5.82 Å². The van der Waals surface area contributed by atoms with E-state index in [-0.39, 0.29) is 0 Å². The van der Waals surface area contributed by atoms with Gasteiger partial charge in [0.1, 0.15) is 23.2 Å². The number of pyridine rings is 1. The summed E-state index contributed by atoms with van der Waals surface area (Å²) in [6.45, 7) is 0.897. The van der Waals surface area contributed by atoms with Gasteiger partial charge in [-0.25, -0.2) is 15.0 Å². The fraction of sp³-hybridized carbons (Fsp3) is 0.353. The third-order valence-electron chi connectivity index (χ3n) is 4.04. The molecule has 0 radical (unpaired) electrons. The number of methoxy groups -OCH3 is 1. The minimum absolute atomic E-state index is 0.327. The molecule has 0 saturated heterocycles. The molecule has 0 atom stereocenters. The molecular formula is C17H18ClN5O. The van der Waals surface area contributed by atoms with Crippen molar-refractivity contribution < 1.29 is 4.74 Å². The highest BCUT2D eigenvalue weighted by molar-refractivity contribution is 6.29. The SMILES string of the molecule is COCc1nc(Cl)cc(NCc2cn3cc(C4CC4)ccc3n2)n1. The van der Waals surface area contributed by atoms with Gasteiger partial charge in [-0.2, -0.15) is 0 Å². The molecule has 1 N–H and O–H groups in total. The van der Waals surface area contributed by atoms with Crippen LogP contribution in [0.3, 0.4) is 0 Å². The van der Waals surface area contributed by atoms with Crippen LogP contribution in [0.5, 0.6) is 0 Å². The van der Waals surface area contributed by atoms with Crippen LogP contribution in [-0.4, -0.2) is 26.5 Å². The highest BCUT2D eigenvalue weighted by Gasteiger charge is 2.23. The van der Waals surface area contributed by atoms with Crippen molar-refractivity contribution in [3.8, 4) is 0 Å². The van der Waals surface area contributed by atoms with Gasteiger partial charge >= 0.3 is 0 Å². The molecule has 7 heteroatoms. The van der Waals surface area contributed by atoms with E-state index in [4.69, 9.17) is 16.3 Å². The predicted octanol–water partition coefficient (Wildman–Crippen LogP) is 3.41. The van der Waals surface area contributed by atoms with E-state index in [0.29, 0.717) is 29.9 Å².